The van der Waals surface area contributed by atoms with E-state index in [2.05, 4.69) is 39.5 Å². The number of hydrogen-bond donors (Lipinski definition) is 0. The van der Waals surface area contributed by atoms with E-state index in [1.54, 1.807) is 0 Å². The van der Waals surface area contributed by atoms with E-state index < -0.39 is 0 Å². The van der Waals surface area contributed by atoms with Crippen molar-refractivity contribution < 1.29 is 9.47 Å². The van der Waals surface area contributed by atoms with Gasteiger partial charge >= 0.3 is 0 Å². The van der Waals surface area contributed by atoms with Crippen LogP contribution in [0.1, 0.15) is 39.2 Å². The van der Waals surface area contributed by atoms with Crippen molar-refractivity contribution in [3.63, 3.8) is 0 Å². The first-order chi connectivity index (χ1) is 9.13. The SMILES string of the molecule is C=C1OC(CC)(CC)[C@@H](C)[C@H]1OCc1ccccc1. The maximum atomic E-state index is 6.05. The molecule has 2 rings (SSSR count). The Hall–Kier alpha value is -1.28. The summed E-state index contributed by atoms with van der Waals surface area (Å²) in [7, 11) is 0. The van der Waals surface area contributed by atoms with Gasteiger partial charge in [0.1, 0.15) is 17.5 Å². The second-order valence-corrected chi connectivity index (χ2v) is 5.35. The summed E-state index contributed by atoms with van der Waals surface area (Å²) in [6, 6.07) is 10.2. The monoisotopic (exact) mass is 260 g/mol. The average Bonchev–Trinajstić information content (AvgIpc) is 2.69. The summed E-state index contributed by atoms with van der Waals surface area (Å²) in [6.45, 7) is 11.2. The van der Waals surface area contributed by atoms with Gasteiger partial charge in [-0.1, -0.05) is 57.7 Å². The molecule has 1 aromatic rings. The first kappa shape index (κ1) is 14.1. The lowest BCUT2D eigenvalue weighted by molar-refractivity contribution is -0.00798. The molecule has 1 saturated heterocycles. The second-order valence-electron chi connectivity index (χ2n) is 5.35. The van der Waals surface area contributed by atoms with Crippen molar-refractivity contribution in [1.29, 1.82) is 0 Å². The van der Waals surface area contributed by atoms with Crippen LogP contribution < -0.4 is 0 Å². The number of ether oxygens (including phenoxy) is 2. The zero-order valence-corrected chi connectivity index (χ0v) is 12.2. The summed E-state index contributed by atoms with van der Waals surface area (Å²) in [5.41, 5.74) is 1.09. The molecule has 0 unspecified atom stereocenters. The minimum atomic E-state index is -0.0988. The highest BCUT2D eigenvalue weighted by atomic mass is 16.6. The standard InChI is InChI=1S/C17H24O2/c1-5-17(6-2)13(3)16(14(4)19-17)18-12-15-10-8-7-9-11-15/h7-11,13,16H,4-6,12H2,1-3H3/t13-,16+/m0/s1. The Balaban J connectivity index is 2.03. The van der Waals surface area contributed by atoms with E-state index >= 15 is 0 Å². The third-order valence-corrected chi connectivity index (χ3v) is 4.40. The zero-order valence-electron chi connectivity index (χ0n) is 12.2. The Morgan fingerprint density at radius 1 is 1.21 bits per heavy atom. The van der Waals surface area contributed by atoms with Crippen LogP contribution in [-0.4, -0.2) is 11.7 Å². The lowest BCUT2D eigenvalue weighted by Crippen LogP contribution is -2.35. The molecule has 1 fully saturated rings. The molecule has 0 N–H and O–H groups in total. The van der Waals surface area contributed by atoms with E-state index in [1.165, 1.54) is 5.56 Å². The van der Waals surface area contributed by atoms with Crippen molar-refractivity contribution in [2.24, 2.45) is 5.92 Å². The maximum absolute atomic E-state index is 6.05. The molecule has 0 radical (unpaired) electrons. The normalized spacial score (nSPS) is 25.3. The molecule has 2 nitrogen and oxygen atoms in total. The van der Waals surface area contributed by atoms with Crippen molar-refractivity contribution in [3.8, 4) is 0 Å². The van der Waals surface area contributed by atoms with Gasteiger partial charge in [0.25, 0.3) is 0 Å². The van der Waals surface area contributed by atoms with E-state index in [-0.39, 0.29) is 11.7 Å². The van der Waals surface area contributed by atoms with Gasteiger partial charge in [-0.25, -0.2) is 0 Å². The van der Waals surface area contributed by atoms with Crippen molar-refractivity contribution in [2.45, 2.75) is 51.9 Å². The second kappa shape index (κ2) is 5.79. The Labute approximate surface area is 116 Å². The Morgan fingerprint density at radius 2 is 1.84 bits per heavy atom. The van der Waals surface area contributed by atoms with Crippen LogP contribution in [0.25, 0.3) is 0 Å². The summed E-state index contributed by atoms with van der Waals surface area (Å²) >= 11 is 0. The van der Waals surface area contributed by atoms with Crippen molar-refractivity contribution in [3.05, 3.63) is 48.2 Å². The van der Waals surface area contributed by atoms with Crippen LogP contribution in [0.15, 0.2) is 42.7 Å². The molecule has 1 aliphatic rings. The molecule has 19 heavy (non-hydrogen) atoms. The van der Waals surface area contributed by atoms with E-state index in [1.807, 2.05) is 18.2 Å². The fraction of sp³-hybridized carbons (Fsp3) is 0.529. The fourth-order valence-corrected chi connectivity index (χ4v) is 3.00. The summed E-state index contributed by atoms with van der Waals surface area (Å²) < 4.78 is 12.1. The first-order valence-corrected chi connectivity index (χ1v) is 7.16. The molecular formula is C17H24O2. The molecule has 2 heteroatoms. The highest BCUT2D eigenvalue weighted by Gasteiger charge is 2.48. The van der Waals surface area contributed by atoms with Crippen LogP contribution in [0, 0.1) is 5.92 Å². The van der Waals surface area contributed by atoms with E-state index in [4.69, 9.17) is 9.47 Å². The molecule has 1 aliphatic heterocycles. The van der Waals surface area contributed by atoms with E-state index in [0.29, 0.717) is 12.5 Å². The molecule has 0 amide bonds. The van der Waals surface area contributed by atoms with Gasteiger partial charge in [-0.2, -0.15) is 0 Å². The number of hydrogen-bond acceptors (Lipinski definition) is 2. The zero-order chi connectivity index (χ0) is 13.9. The van der Waals surface area contributed by atoms with Crippen molar-refractivity contribution in [1.82, 2.24) is 0 Å². The van der Waals surface area contributed by atoms with Crippen molar-refractivity contribution in [2.75, 3.05) is 0 Å². The molecule has 104 valence electrons. The summed E-state index contributed by atoms with van der Waals surface area (Å²) in [5.74, 6) is 1.13. The van der Waals surface area contributed by atoms with Gasteiger partial charge in [-0.3, -0.25) is 0 Å². The molecule has 0 aromatic heterocycles. The Morgan fingerprint density at radius 3 is 2.37 bits per heavy atom. The Kier molecular flexibility index (Phi) is 4.31. The van der Waals surface area contributed by atoms with E-state index in [0.717, 1.165) is 18.6 Å². The van der Waals surface area contributed by atoms with Gasteiger partial charge in [0.05, 0.1) is 6.61 Å². The van der Waals surface area contributed by atoms with Gasteiger partial charge < -0.3 is 9.47 Å². The smallest absolute Gasteiger partial charge is 0.121 e. The van der Waals surface area contributed by atoms with Crippen molar-refractivity contribution >= 4 is 0 Å². The topological polar surface area (TPSA) is 18.5 Å². The molecule has 0 aliphatic carbocycles. The molecule has 0 spiro atoms. The maximum Gasteiger partial charge on any atom is 0.121 e. The fourth-order valence-electron chi connectivity index (χ4n) is 3.00. The van der Waals surface area contributed by atoms with Gasteiger partial charge in [-0.15, -0.1) is 0 Å². The summed E-state index contributed by atoms with van der Waals surface area (Å²) in [4.78, 5) is 0. The Bertz CT molecular complexity index is 420. The number of rotatable bonds is 5. The molecule has 1 aromatic carbocycles. The molecule has 0 saturated carbocycles. The van der Waals surface area contributed by atoms with Crippen LogP contribution in [-0.2, 0) is 16.1 Å². The highest BCUT2D eigenvalue weighted by molar-refractivity contribution is 5.15. The molecule has 1 heterocycles. The minimum absolute atomic E-state index is 0.0000983. The summed E-state index contributed by atoms with van der Waals surface area (Å²) in [5, 5.41) is 0. The largest absolute Gasteiger partial charge is 0.489 e. The predicted molar refractivity (Wildman–Crippen MR) is 77.7 cm³/mol. The third-order valence-electron chi connectivity index (χ3n) is 4.40. The van der Waals surface area contributed by atoms with Gasteiger partial charge in [0, 0.05) is 5.92 Å². The molecular weight excluding hydrogens is 236 g/mol. The van der Waals surface area contributed by atoms with Gasteiger partial charge in [-0.05, 0) is 18.4 Å². The third kappa shape index (κ3) is 2.69. The van der Waals surface area contributed by atoms with Crippen LogP contribution in [0.5, 0.6) is 0 Å². The van der Waals surface area contributed by atoms with Gasteiger partial charge in [0.2, 0.25) is 0 Å². The summed E-state index contributed by atoms with van der Waals surface area (Å²) in [6.07, 6.45) is 1.99. The molecule has 2 atom stereocenters. The van der Waals surface area contributed by atoms with Crippen LogP contribution in [0.2, 0.25) is 0 Å². The first-order valence-electron chi connectivity index (χ1n) is 7.16. The molecule has 0 bridgehead atoms. The van der Waals surface area contributed by atoms with Crippen LogP contribution in [0.3, 0.4) is 0 Å². The van der Waals surface area contributed by atoms with Gasteiger partial charge in [0.15, 0.2) is 0 Å². The minimum Gasteiger partial charge on any atom is -0.489 e. The average molecular weight is 260 g/mol. The van der Waals surface area contributed by atoms with Crippen LogP contribution in [0.4, 0.5) is 0 Å². The highest BCUT2D eigenvalue weighted by Crippen LogP contribution is 2.44. The van der Waals surface area contributed by atoms with E-state index in [9.17, 15) is 0 Å². The van der Waals surface area contributed by atoms with Crippen LogP contribution >= 0.6 is 0 Å². The lowest BCUT2D eigenvalue weighted by atomic mass is 9.83. The lowest BCUT2D eigenvalue weighted by Gasteiger charge is -2.30. The quantitative estimate of drug-likeness (QED) is 0.785. The number of benzene rings is 1. The predicted octanol–water partition coefficient (Wildman–Crippen LogP) is 4.31.